The maximum atomic E-state index is 12.7. The second kappa shape index (κ2) is 10.0. The maximum Gasteiger partial charge on any atom is 0.253 e. The van der Waals surface area contributed by atoms with Crippen LogP contribution in [-0.4, -0.2) is 27.0 Å². The van der Waals surface area contributed by atoms with E-state index in [2.05, 4.69) is 17.0 Å². The first-order chi connectivity index (χ1) is 14.3. The Balaban J connectivity index is 1.71. The lowest BCUT2D eigenvalue weighted by Crippen LogP contribution is -2.27. The number of benzene rings is 2. The Morgan fingerprint density at radius 2 is 1.93 bits per heavy atom. The predicted octanol–water partition coefficient (Wildman–Crippen LogP) is 4.54. The minimum atomic E-state index is -3.82. The highest BCUT2D eigenvalue weighted by Crippen LogP contribution is 2.30. The number of nitrogens with one attached hydrogen (secondary N) is 2. The first kappa shape index (κ1) is 22.9. The zero-order valence-corrected chi connectivity index (χ0v) is 18.9. The molecule has 0 heterocycles. The molecule has 6 nitrogen and oxygen atoms in total. The van der Waals surface area contributed by atoms with Gasteiger partial charge < -0.3 is 10.1 Å². The van der Waals surface area contributed by atoms with Crippen molar-refractivity contribution in [1.29, 1.82) is 0 Å². The molecule has 1 amide bonds. The van der Waals surface area contributed by atoms with Gasteiger partial charge in [-0.15, -0.1) is 0 Å². The summed E-state index contributed by atoms with van der Waals surface area (Å²) in [6.07, 6.45) is 3.60. The van der Waals surface area contributed by atoms with Crippen LogP contribution in [0.25, 0.3) is 0 Å². The molecule has 0 unspecified atom stereocenters. The van der Waals surface area contributed by atoms with Crippen LogP contribution in [0.15, 0.2) is 41.3 Å². The summed E-state index contributed by atoms with van der Waals surface area (Å²) in [5, 5.41) is 2.82. The van der Waals surface area contributed by atoms with Gasteiger partial charge in [-0.1, -0.05) is 48.7 Å². The molecule has 0 aliphatic heterocycles. The standard InChI is InChI=1S/C21H24Cl2N2O4S/c1-2-3-9-29-16-6-4-5-14(10-16)13-24-21(26)17-11-20(19(23)12-18(17)22)30(27,28)25-15-7-8-15/h4-6,10-12,15,25H,2-3,7-9,13H2,1H3,(H,24,26). The Kier molecular flexibility index (Phi) is 7.63. The molecule has 2 N–H and O–H groups in total. The molecule has 162 valence electrons. The molecule has 2 aromatic rings. The smallest absolute Gasteiger partial charge is 0.253 e. The second-order valence-corrected chi connectivity index (χ2v) is 9.69. The van der Waals surface area contributed by atoms with E-state index in [1.165, 1.54) is 12.1 Å². The monoisotopic (exact) mass is 470 g/mol. The fraction of sp³-hybridized carbons (Fsp3) is 0.381. The van der Waals surface area contributed by atoms with Crippen LogP contribution in [0.4, 0.5) is 0 Å². The number of amides is 1. The molecule has 30 heavy (non-hydrogen) atoms. The van der Waals surface area contributed by atoms with Crippen molar-refractivity contribution in [3.8, 4) is 5.75 Å². The lowest BCUT2D eigenvalue weighted by atomic mass is 10.2. The van der Waals surface area contributed by atoms with Crippen LogP contribution >= 0.6 is 23.2 Å². The van der Waals surface area contributed by atoms with Gasteiger partial charge >= 0.3 is 0 Å². The van der Waals surface area contributed by atoms with Crippen LogP contribution in [0.5, 0.6) is 5.75 Å². The van der Waals surface area contributed by atoms with Crippen molar-refractivity contribution in [2.75, 3.05) is 6.61 Å². The van der Waals surface area contributed by atoms with Gasteiger partial charge in [0.15, 0.2) is 0 Å². The molecule has 3 rings (SSSR count). The third kappa shape index (κ3) is 6.11. The van der Waals surface area contributed by atoms with Crippen molar-refractivity contribution in [2.24, 2.45) is 0 Å². The second-order valence-electron chi connectivity index (χ2n) is 7.19. The topological polar surface area (TPSA) is 84.5 Å². The average Bonchev–Trinajstić information content (AvgIpc) is 3.50. The Morgan fingerprint density at radius 3 is 2.63 bits per heavy atom. The van der Waals surface area contributed by atoms with Gasteiger partial charge in [0.05, 0.1) is 22.2 Å². The SMILES string of the molecule is CCCCOc1cccc(CNC(=O)c2cc(S(=O)(=O)NC3CC3)c(Cl)cc2Cl)c1. The Labute approximate surface area is 187 Å². The number of hydrogen-bond donors (Lipinski definition) is 2. The van der Waals surface area contributed by atoms with Crippen molar-refractivity contribution in [3.05, 3.63) is 57.6 Å². The van der Waals surface area contributed by atoms with Gasteiger partial charge in [-0.25, -0.2) is 13.1 Å². The largest absolute Gasteiger partial charge is 0.494 e. The van der Waals surface area contributed by atoms with E-state index >= 15 is 0 Å². The Bertz CT molecular complexity index is 1020. The fourth-order valence-electron chi connectivity index (χ4n) is 2.75. The van der Waals surface area contributed by atoms with Crippen LogP contribution in [0, 0.1) is 0 Å². The van der Waals surface area contributed by atoms with Crippen LogP contribution in [0.3, 0.4) is 0 Å². The van der Waals surface area contributed by atoms with E-state index in [4.69, 9.17) is 27.9 Å². The van der Waals surface area contributed by atoms with E-state index < -0.39 is 15.9 Å². The highest BCUT2D eigenvalue weighted by Gasteiger charge is 2.30. The number of ether oxygens (including phenoxy) is 1. The van der Waals surface area contributed by atoms with E-state index in [-0.39, 0.29) is 33.1 Å². The van der Waals surface area contributed by atoms with Crippen molar-refractivity contribution in [1.82, 2.24) is 10.0 Å². The first-order valence-electron chi connectivity index (χ1n) is 9.81. The van der Waals surface area contributed by atoms with Crippen LogP contribution in [-0.2, 0) is 16.6 Å². The molecule has 9 heteroatoms. The van der Waals surface area contributed by atoms with E-state index in [0.29, 0.717) is 6.61 Å². The number of carbonyl (C=O) groups is 1. The van der Waals surface area contributed by atoms with E-state index in [9.17, 15) is 13.2 Å². The highest BCUT2D eigenvalue weighted by molar-refractivity contribution is 7.89. The number of hydrogen-bond acceptors (Lipinski definition) is 4. The zero-order valence-electron chi connectivity index (χ0n) is 16.6. The average molecular weight is 471 g/mol. The molecule has 0 saturated heterocycles. The molecule has 0 radical (unpaired) electrons. The first-order valence-corrected chi connectivity index (χ1v) is 12.1. The normalized spacial score (nSPS) is 13.8. The van der Waals surface area contributed by atoms with Crippen molar-refractivity contribution < 1.29 is 17.9 Å². The number of rotatable bonds is 10. The molecule has 2 aromatic carbocycles. The fourth-order valence-corrected chi connectivity index (χ4v) is 4.91. The lowest BCUT2D eigenvalue weighted by molar-refractivity contribution is 0.0951. The Morgan fingerprint density at radius 1 is 1.17 bits per heavy atom. The summed E-state index contributed by atoms with van der Waals surface area (Å²) in [7, 11) is -3.82. The molecular formula is C21H24Cl2N2O4S. The molecule has 0 spiro atoms. The minimum absolute atomic E-state index is 0.0263. The highest BCUT2D eigenvalue weighted by atomic mass is 35.5. The third-order valence-corrected chi connectivity index (χ3v) is 6.87. The molecule has 1 saturated carbocycles. The van der Waals surface area contributed by atoms with Crippen LogP contribution in [0.2, 0.25) is 10.0 Å². The number of halogens is 2. The molecule has 1 fully saturated rings. The molecular weight excluding hydrogens is 447 g/mol. The zero-order chi connectivity index (χ0) is 21.7. The quantitative estimate of drug-likeness (QED) is 0.499. The minimum Gasteiger partial charge on any atom is -0.494 e. The summed E-state index contributed by atoms with van der Waals surface area (Å²) >= 11 is 12.2. The summed E-state index contributed by atoms with van der Waals surface area (Å²) < 4.78 is 33.3. The van der Waals surface area contributed by atoms with E-state index in [1.54, 1.807) is 0 Å². The predicted molar refractivity (Wildman–Crippen MR) is 118 cm³/mol. The summed E-state index contributed by atoms with van der Waals surface area (Å²) in [5.41, 5.74) is 0.901. The van der Waals surface area contributed by atoms with Gasteiger partial charge in [0.25, 0.3) is 5.91 Å². The molecule has 0 bridgehead atoms. The van der Waals surface area contributed by atoms with Gasteiger partial charge in [-0.05, 0) is 49.1 Å². The number of carbonyl (C=O) groups excluding carboxylic acids is 1. The summed E-state index contributed by atoms with van der Waals surface area (Å²) in [4.78, 5) is 12.5. The van der Waals surface area contributed by atoms with Crippen LogP contribution < -0.4 is 14.8 Å². The maximum absolute atomic E-state index is 12.7. The van der Waals surface area contributed by atoms with Crippen molar-refractivity contribution in [2.45, 2.75) is 50.1 Å². The Hall–Kier alpha value is -1.80. The molecule has 0 aromatic heterocycles. The lowest BCUT2D eigenvalue weighted by Gasteiger charge is -2.12. The third-order valence-electron chi connectivity index (χ3n) is 4.57. The van der Waals surface area contributed by atoms with Gasteiger partial charge in [-0.2, -0.15) is 0 Å². The number of sulfonamides is 1. The van der Waals surface area contributed by atoms with Gasteiger partial charge in [0.1, 0.15) is 10.6 Å². The summed E-state index contributed by atoms with van der Waals surface area (Å²) in [6, 6.07) is 9.86. The van der Waals surface area contributed by atoms with E-state index in [1.807, 2.05) is 24.3 Å². The van der Waals surface area contributed by atoms with Gasteiger partial charge in [0.2, 0.25) is 10.0 Å². The molecule has 0 atom stereocenters. The summed E-state index contributed by atoms with van der Waals surface area (Å²) in [5.74, 6) is 0.246. The van der Waals surface area contributed by atoms with Crippen LogP contribution in [0.1, 0.15) is 48.5 Å². The summed E-state index contributed by atoms with van der Waals surface area (Å²) in [6.45, 7) is 2.97. The van der Waals surface area contributed by atoms with E-state index in [0.717, 1.165) is 37.0 Å². The number of unbranched alkanes of at least 4 members (excludes halogenated alkanes) is 1. The van der Waals surface area contributed by atoms with Crippen molar-refractivity contribution in [3.63, 3.8) is 0 Å². The van der Waals surface area contributed by atoms with Crippen molar-refractivity contribution >= 4 is 39.1 Å². The molecule has 1 aliphatic carbocycles. The van der Waals surface area contributed by atoms with Gasteiger partial charge in [-0.3, -0.25) is 4.79 Å². The molecule has 1 aliphatic rings. The van der Waals surface area contributed by atoms with Gasteiger partial charge in [0, 0.05) is 12.6 Å².